The highest BCUT2D eigenvalue weighted by molar-refractivity contribution is 5.89. The molecule has 5 heteroatoms. The smallest absolute Gasteiger partial charge is 0.414 e. The number of hydrogen-bond acceptors (Lipinski definition) is 3. The number of anilines is 1. The summed E-state index contributed by atoms with van der Waals surface area (Å²) in [6, 6.07) is 7.25. The summed E-state index contributed by atoms with van der Waals surface area (Å²) in [7, 11) is 1.27. The summed E-state index contributed by atoms with van der Waals surface area (Å²) in [5.74, 6) is -0.951. The standard InChI is InChI=1S/C12H15NO4/c1-9-5-3-4-6-10(9)13(12(16)17-2)8-7-11(14)15/h3-6H,7-8H2,1-2H3,(H,14,15). The normalized spacial score (nSPS) is 9.76. The number of aryl methyl sites for hydroxylation is 1. The van der Waals surface area contributed by atoms with Crippen LogP contribution in [0, 0.1) is 6.92 Å². The molecule has 0 radical (unpaired) electrons. The van der Waals surface area contributed by atoms with Crippen LogP contribution in [0.4, 0.5) is 10.5 Å². The molecule has 0 aromatic heterocycles. The molecule has 0 heterocycles. The van der Waals surface area contributed by atoms with Crippen LogP contribution >= 0.6 is 0 Å². The van der Waals surface area contributed by atoms with Crippen molar-refractivity contribution in [3.8, 4) is 0 Å². The lowest BCUT2D eigenvalue weighted by Crippen LogP contribution is -2.33. The predicted molar refractivity (Wildman–Crippen MR) is 63.2 cm³/mol. The Labute approximate surface area is 99.6 Å². The number of carboxylic acids is 1. The highest BCUT2D eigenvalue weighted by Gasteiger charge is 2.18. The van der Waals surface area contributed by atoms with Gasteiger partial charge in [-0.15, -0.1) is 0 Å². The summed E-state index contributed by atoms with van der Waals surface area (Å²) in [6.07, 6.45) is -0.677. The van der Waals surface area contributed by atoms with Gasteiger partial charge in [0.2, 0.25) is 0 Å². The second kappa shape index (κ2) is 5.89. The Kier molecular flexibility index (Phi) is 4.51. The summed E-state index contributed by atoms with van der Waals surface area (Å²) < 4.78 is 4.65. The van der Waals surface area contributed by atoms with Crippen LogP contribution in [0.15, 0.2) is 24.3 Å². The molecule has 0 atom stereocenters. The highest BCUT2D eigenvalue weighted by atomic mass is 16.5. The van der Waals surface area contributed by atoms with Gasteiger partial charge in [0.1, 0.15) is 0 Å². The number of carbonyl (C=O) groups is 2. The number of carbonyl (C=O) groups excluding carboxylic acids is 1. The quantitative estimate of drug-likeness (QED) is 0.870. The third kappa shape index (κ3) is 3.48. The summed E-state index contributed by atoms with van der Waals surface area (Å²) in [6.45, 7) is 1.94. The van der Waals surface area contributed by atoms with E-state index >= 15 is 0 Å². The molecule has 0 aliphatic heterocycles. The first-order valence-corrected chi connectivity index (χ1v) is 5.19. The van der Waals surface area contributed by atoms with Crippen molar-refractivity contribution in [1.82, 2.24) is 0 Å². The molecule has 0 aliphatic rings. The Morgan fingerprint density at radius 3 is 2.53 bits per heavy atom. The molecule has 92 valence electrons. The maximum atomic E-state index is 11.6. The molecule has 5 nitrogen and oxygen atoms in total. The maximum absolute atomic E-state index is 11.6. The van der Waals surface area contributed by atoms with Gasteiger partial charge in [-0.05, 0) is 18.6 Å². The lowest BCUT2D eigenvalue weighted by Gasteiger charge is -2.22. The lowest BCUT2D eigenvalue weighted by atomic mass is 10.2. The van der Waals surface area contributed by atoms with E-state index in [0.29, 0.717) is 5.69 Å². The van der Waals surface area contributed by atoms with E-state index in [2.05, 4.69) is 4.74 Å². The maximum Gasteiger partial charge on any atom is 0.414 e. The van der Waals surface area contributed by atoms with Gasteiger partial charge in [0.15, 0.2) is 0 Å². The van der Waals surface area contributed by atoms with Crippen molar-refractivity contribution >= 4 is 17.7 Å². The van der Waals surface area contributed by atoms with Crippen LogP contribution in [0.2, 0.25) is 0 Å². The van der Waals surface area contributed by atoms with E-state index in [1.54, 1.807) is 12.1 Å². The fourth-order valence-electron chi connectivity index (χ4n) is 1.49. The number of methoxy groups -OCH3 is 1. The van der Waals surface area contributed by atoms with E-state index in [0.717, 1.165) is 5.56 Å². The van der Waals surface area contributed by atoms with E-state index < -0.39 is 12.1 Å². The molecule has 1 aromatic rings. The number of hydrogen-bond donors (Lipinski definition) is 1. The number of benzene rings is 1. The average Bonchev–Trinajstić information content (AvgIpc) is 2.30. The zero-order chi connectivity index (χ0) is 12.8. The van der Waals surface area contributed by atoms with Crippen LogP contribution < -0.4 is 4.90 Å². The van der Waals surface area contributed by atoms with Crippen molar-refractivity contribution in [2.75, 3.05) is 18.6 Å². The average molecular weight is 237 g/mol. The molecule has 1 aromatic carbocycles. The van der Waals surface area contributed by atoms with Crippen molar-refractivity contribution in [3.05, 3.63) is 29.8 Å². The number of amides is 1. The second-order valence-electron chi connectivity index (χ2n) is 3.55. The van der Waals surface area contributed by atoms with E-state index in [1.165, 1.54) is 12.0 Å². The van der Waals surface area contributed by atoms with Gasteiger partial charge in [-0.25, -0.2) is 4.79 Å². The SMILES string of the molecule is COC(=O)N(CCC(=O)O)c1ccccc1C. The van der Waals surface area contributed by atoms with Crippen molar-refractivity contribution in [3.63, 3.8) is 0 Å². The van der Waals surface area contributed by atoms with E-state index in [1.807, 2.05) is 19.1 Å². The molecular weight excluding hydrogens is 222 g/mol. The van der Waals surface area contributed by atoms with Crippen LogP contribution in [0.1, 0.15) is 12.0 Å². The summed E-state index contributed by atoms with van der Waals surface area (Å²) >= 11 is 0. The largest absolute Gasteiger partial charge is 0.481 e. The van der Waals surface area contributed by atoms with Crippen molar-refractivity contribution in [2.45, 2.75) is 13.3 Å². The molecule has 0 spiro atoms. The van der Waals surface area contributed by atoms with Crippen LogP contribution in [0.25, 0.3) is 0 Å². The minimum atomic E-state index is -0.951. The highest BCUT2D eigenvalue weighted by Crippen LogP contribution is 2.20. The minimum absolute atomic E-state index is 0.0901. The lowest BCUT2D eigenvalue weighted by molar-refractivity contribution is -0.136. The zero-order valence-electron chi connectivity index (χ0n) is 9.84. The van der Waals surface area contributed by atoms with Crippen molar-refractivity contribution < 1.29 is 19.4 Å². The van der Waals surface area contributed by atoms with Crippen molar-refractivity contribution in [2.24, 2.45) is 0 Å². The third-order valence-corrected chi connectivity index (χ3v) is 2.35. The van der Waals surface area contributed by atoms with Gasteiger partial charge in [-0.2, -0.15) is 0 Å². The van der Waals surface area contributed by atoms with Gasteiger partial charge in [-0.3, -0.25) is 9.69 Å². The first-order chi connectivity index (χ1) is 8.06. The molecule has 0 bridgehead atoms. The number of nitrogens with zero attached hydrogens (tertiary/aromatic N) is 1. The number of carboxylic acid groups (broad SMARTS) is 1. The fraction of sp³-hybridized carbons (Fsp3) is 0.333. The summed E-state index contributed by atoms with van der Waals surface area (Å²) in [4.78, 5) is 23.5. The number of ether oxygens (including phenoxy) is 1. The first-order valence-electron chi connectivity index (χ1n) is 5.19. The Morgan fingerprint density at radius 1 is 1.35 bits per heavy atom. The van der Waals surface area contributed by atoms with Gasteiger partial charge in [0, 0.05) is 12.2 Å². The molecule has 0 unspecified atom stereocenters. The fourth-order valence-corrected chi connectivity index (χ4v) is 1.49. The van der Waals surface area contributed by atoms with Crippen LogP contribution in [0.5, 0.6) is 0 Å². The van der Waals surface area contributed by atoms with Crippen LogP contribution in [-0.4, -0.2) is 30.8 Å². The third-order valence-electron chi connectivity index (χ3n) is 2.35. The molecule has 0 fully saturated rings. The molecule has 1 N–H and O–H groups in total. The molecule has 0 saturated carbocycles. The Balaban J connectivity index is 2.94. The Bertz CT molecular complexity index is 417. The van der Waals surface area contributed by atoms with Crippen LogP contribution in [-0.2, 0) is 9.53 Å². The van der Waals surface area contributed by atoms with Gasteiger partial charge in [-0.1, -0.05) is 18.2 Å². The number of aliphatic carboxylic acids is 1. The predicted octanol–water partition coefficient (Wildman–Crippen LogP) is 2.04. The minimum Gasteiger partial charge on any atom is -0.481 e. The van der Waals surface area contributed by atoms with E-state index in [-0.39, 0.29) is 13.0 Å². The van der Waals surface area contributed by atoms with E-state index in [9.17, 15) is 9.59 Å². The monoisotopic (exact) mass is 237 g/mol. The molecule has 1 rings (SSSR count). The number of para-hydroxylation sites is 1. The van der Waals surface area contributed by atoms with E-state index in [4.69, 9.17) is 5.11 Å². The van der Waals surface area contributed by atoms with Gasteiger partial charge in [0.25, 0.3) is 0 Å². The molecular formula is C12H15NO4. The number of rotatable bonds is 4. The van der Waals surface area contributed by atoms with Gasteiger partial charge in [0.05, 0.1) is 13.5 Å². The second-order valence-corrected chi connectivity index (χ2v) is 3.55. The van der Waals surface area contributed by atoms with Gasteiger partial charge < -0.3 is 9.84 Å². The Morgan fingerprint density at radius 2 is 2.00 bits per heavy atom. The Hall–Kier alpha value is -2.04. The molecule has 0 aliphatic carbocycles. The topological polar surface area (TPSA) is 66.8 Å². The molecule has 17 heavy (non-hydrogen) atoms. The molecule has 1 amide bonds. The van der Waals surface area contributed by atoms with Crippen molar-refractivity contribution in [1.29, 1.82) is 0 Å². The summed E-state index contributed by atoms with van der Waals surface area (Å²) in [5.41, 5.74) is 1.56. The van der Waals surface area contributed by atoms with Crippen LogP contribution in [0.3, 0.4) is 0 Å². The van der Waals surface area contributed by atoms with Gasteiger partial charge >= 0.3 is 12.1 Å². The first kappa shape index (κ1) is 13.0. The zero-order valence-corrected chi connectivity index (χ0v) is 9.84. The molecule has 0 saturated heterocycles. The summed E-state index contributed by atoms with van der Waals surface area (Å²) in [5, 5.41) is 8.65.